The van der Waals surface area contributed by atoms with Gasteiger partial charge in [-0.3, -0.25) is 15.5 Å². The van der Waals surface area contributed by atoms with E-state index < -0.39 is 4.92 Å². The molecule has 1 aromatic rings. The Hall–Kier alpha value is -2.15. The number of amidine groups is 1. The summed E-state index contributed by atoms with van der Waals surface area (Å²) in [5, 5.41) is 18.0. The van der Waals surface area contributed by atoms with Crippen molar-refractivity contribution in [2.45, 2.75) is 40.0 Å². The Balaban J connectivity index is 1.52. The summed E-state index contributed by atoms with van der Waals surface area (Å²) in [6.45, 7) is 7.06. The third-order valence-electron chi connectivity index (χ3n) is 6.66. The maximum absolute atomic E-state index is 10.9. The fourth-order valence-electron chi connectivity index (χ4n) is 4.46. The quantitative estimate of drug-likeness (QED) is 0.600. The number of fused-ring (bicyclic) bond motifs is 2. The molecule has 136 valence electrons. The molecule has 0 radical (unpaired) electrons. The summed E-state index contributed by atoms with van der Waals surface area (Å²) >= 11 is 1.46. The lowest BCUT2D eigenvalue weighted by Gasteiger charge is -2.34. The molecular formula is C19H22N4O2S. The lowest BCUT2D eigenvalue weighted by Crippen LogP contribution is -2.33. The van der Waals surface area contributed by atoms with Gasteiger partial charge in [0.2, 0.25) is 5.17 Å². The first-order valence-electron chi connectivity index (χ1n) is 8.85. The molecule has 7 heteroatoms. The van der Waals surface area contributed by atoms with Gasteiger partial charge in [0.25, 0.3) is 5.69 Å². The molecule has 6 nitrogen and oxygen atoms in total. The van der Waals surface area contributed by atoms with Crippen molar-refractivity contribution < 1.29 is 4.92 Å². The van der Waals surface area contributed by atoms with Gasteiger partial charge in [-0.2, -0.15) is 0 Å². The number of nitro groups is 1. The van der Waals surface area contributed by atoms with E-state index in [4.69, 9.17) is 4.99 Å². The second kappa shape index (κ2) is 5.94. The summed E-state index contributed by atoms with van der Waals surface area (Å²) in [7, 11) is 0. The molecule has 2 aliphatic carbocycles. The van der Waals surface area contributed by atoms with Gasteiger partial charge in [0.05, 0.1) is 10.6 Å². The molecule has 0 spiro atoms. The van der Waals surface area contributed by atoms with E-state index in [9.17, 15) is 10.1 Å². The van der Waals surface area contributed by atoms with Crippen molar-refractivity contribution in [1.29, 1.82) is 0 Å². The van der Waals surface area contributed by atoms with E-state index in [1.54, 1.807) is 12.1 Å². The molecule has 26 heavy (non-hydrogen) atoms. The van der Waals surface area contributed by atoms with Crippen molar-refractivity contribution in [2.75, 3.05) is 0 Å². The van der Waals surface area contributed by atoms with Gasteiger partial charge in [0.1, 0.15) is 0 Å². The topological polar surface area (TPSA) is 79.9 Å². The van der Waals surface area contributed by atoms with E-state index in [-0.39, 0.29) is 11.1 Å². The highest BCUT2D eigenvalue weighted by Gasteiger charge is 2.59. The van der Waals surface area contributed by atoms with Crippen LogP contribution < -0.4 is 5.43 Å². The minimum atomic E-state index is -0.391. The highest BCUT2D eigenvalue weighted by Crippen LogP contribution is 2.64. The molecule has 0 unspecified atom stereocenters. The van der Waals surface area contributed by atoms with Crippen LogP contribution in [-0.4, -0.2) is 15.8 Å². The average molecular weight is 370 g/mol. The lowest BCUT2D eigenvalue weighted by atomic mass is 9.70. The number of nitrogens with one attached hydrogen (secondary N) is 1. The van der Waals surface area contributed by atoms with Crippen LogP contribution in [-0.2, 0) is 0 Å². The van der Waals surface area contributed by atoms with Crippen LogP contribution in [0.15, 0.2) is 39.8 Å². The minimum absolute atomic E-state index is 0.0716. The standard InChI is InChI=1S/C19H22N4O2S/c1-18(2)13-7-8-19(18,3)16(10-13)20-17-22-21-15(11-26-17)12-5-4-6-14(9-12)23(24)25/h4-6,9,11,13,21H,7-8,10H2,1-3H3/t13-,19+/m0/s1. The number of benzene rings is 1. The maximum atomic E-state index is 10.9. The molecular weight excluding hydrogens is 348 g/mol. The van der Waals surface area contributed by atoms with Crippen molar-refractivity contribution in [3.8, 4) is 0 Å². The number of hydrazone groups is 1. The van der Waals surface area contributed by atoms with E-state index in [1.165, 1.54) is 36.4 Å². The monoisotopic (exact) mass is 370 g/mol. The van der Waals surface area contributed by atoms with Crippen LogP contribution in [0.3, 0.4) is 0 Å². The fourth-order valence-corrected chi connectivity index (χ4v) is 5.13. The van der Waals surface area contributed by atoms with Gasteiger partial charge in [-0.15, -0.1) is 5.10 Å². The number of nitrogens with zero attached hydrogens (tertiary/aromatic N) is 3. The van der Waals surface area contributed by atoms with Gasteiger partial charge in [-0.05, 0) is 30.6 Å². The van der Waals surface area contributed by atoms with Crippen LogP contribution in [0, 0.1) is 26.9 Å². The third-order valence-corrected chi connectivity index (χ3v) is 7.41. The summed E-state index contributed by atoms with van der Waals surface area (Å²) in [6, 6.07) is 6.54. The summed E-state index contributed by atoms with van der Waals surface area (Å²) < 4.78 is 0. The third kappa shape index (κ3) is 2.57. The van der Waals surface area contributed by atoms with E-state index in [2.05, 4.69) is 31.3 Å². The molecule has 0 amide bonds. The lowest BCUT2D eigenvalue weighted by molar-refractivity contribution is -0.384. The van der Waals surface area contributed by atoms with Gasteiger partial charge in [0, 0.05) is 34.2 Å². The smallest absolute Gasteiger partial charge is 0.270 e. The van der Waals surface area contributed by atoms with Gasteiger partial charge in [-0.25, -0.2) is 4.99 Å². The first kappa shape index (κ1) is 17.3. The van der Waals surface area contributed by atoms with Crippen molar-refractivity contribution in [3.63, 3.8) is 0 Å². The van der Waals surface area contributed by atoms with Gasteiger partial charge < -0.3 is 0 Å². The Kier molecular flexibility index (Phi) is 3.95. The van der Waals surface area contributed by atoms with E-state index in [0.29, 0.717) is 16.5 Å². The van der Waals surface area contributed by atoms with Crippen LogP contribution in [0.25, 0.3) is 5.70 Å². The Morgan fingerprint density at radius 2 is 2.19 bits per heavy atom. The maximum Gasteiger partial charge on any atom is 0.270 e. The average Bonchev–Trinajstić information content (AvgIpc) is 2.96. The van der Waals surface area contributed by atoms with Crippen molar-refractivity contribution in [1.82, 2.24) is 5.43 Å². The normalized spacial score (nSPS) is 30.7. The number of non-ortho nitro benzene ring substituents is 1. The molecule has 1 aromatic carbocycles. The van der Waals surface area contributed by atoms with Gasteiger partial charge >= 0.3 is 0 Å². The second-order valence-electron chi connectivity index (χ2n) is 8.02. The van der Waals surface area contributed by atoms with E-state index in [1.807, 2.05) is 11.5 Å². The van der Waals surface area contributed by atoms with Crippen LogP contribution >= 0.6 is 11.8 Å². The molecule has 1 N–H and O–H groups in total. The molecule has 2 atom stereocenters. The zero-order valence-electron chi connectivity index (χ0n) is 15.2. The molecule has 0 aromatic heterocycles. The number of rotatable bonds is 2. The zero-order chi connectivity index (χ0) is 18.5. The predicted molar refractivity (Wildman–Crippen MR) is 106 cm³/mol. The SMILES string of the molecule is CC1(C)[C@H]2CC[C@]1(C)C(=NC1=NNC(c3cccc([N+](=O)[O-])c3)=CS1)C2. The predicted octanol–water partition coefficient (Wildman–Crippen LogP) is 4.79. The summed E-state index contributed by atoms with van der Waals surface area (Å²) in [5.41, 5.74) is 6.29. The Bertz CT molecular complexity index is 874. The first-order valence-corrected chi connectivity index (χ1v) is 9.72. The van der Waals surface area contributed by atoms with Crippen LogP contribution in [0.2, 0.25) is 0 Å². The molecule has 4 rings (SSSR count). The highest BCUT2D eigenvalue weighted by molar-refractivity contribution is 8.16. The van der Waals surface area contributed by atoms with Crippen LogP contribution in [0.1, 0.15) is 45.6 Å². The largest absolute Gasteiger partial charge is 0.275 e. The van der Waals surface area contributed by atoms with E-state index in [0.717, 1.165) is 17.7 Å². The molecule has 0 saturated heterocycles. The van der Waals surface area contributed by atoms with Crippen molar-refractivity contribution in [2.24, 2.45) is 26.8 Å². The van der Waals surface area contributed by atoms with Crippen molar-refractivity contribution in [3.05, 3.63) is 45.4 Å². The number of nitro benzene ring substituents is 1. The molecule has 3 aliphatic rings. The molecule has 2 bridgehead atoms. The summed E-state index contributed by atoms with van der Waals surface area (Å²) in [4.78, 5) is 15.4. The number of thioether (sulfide) groups is 1. The Labute approximate surface area is 157 Å². The van der Waals surface area contributed by atoms with E-state index >= 15 is 0 Å². The summed E-state index contributed by atoms with van der Waals surface area (Å²) in [6.07, 6.45) is 3.55. The number of hydrogen-bond acceptors (Lipinski definition) is 6. The minimum Gasteiger partial charge on any atom is -0.275 e. The van der Waals surface area contributed by atoms with Crippen LogP contribution in [0.5, 0.6) is 0 Å². The summed E-state index contributed by atoms with van der Waals surface area (Å²) in [5.74, 6) is 0.712. The Morgan fingerprint density at radius 1 is 1.38 bits per heavy atom. The van der Waals surface area contributed by atoms with Crippen molar-refractivity contribution >= 4 is 34.0 Å². The molecule has 1 aliphatic heterocycles. The van der Waals surface area contributed by atoms with Gasteiger partial charge in [-0.1, -0.05) is 44.7 Å². The molecule has 2 saturated carbocycles. The fraction of sp³-hybridized carbons (Fsp3) is 0.474. The molecule has 2 fully saturated rings. The molecule has 1 heterocycles. The Morgan fingerprint density at radius 3 is 2.77 bits per heavy atom. The van der Waals surface area contributed by atoms with Gasteiger partial charge in [0.15, 0.2) is 0 Å². The first-order chi connectivity index (χ1) is 12.3. The highest BCUT2D eigenvalue weighted by atomic mass is 32.2. The van der Waals surface area contributed by atoms with Crippen LogP contribution in [0.4, 0.5) is 5.69 Å². The second-order valence-corrected chi connectivity index (χ2v) is 8.85. The number of hydrogen-bond donors (Lipinski definition) is 1. The number of aliphatic imine (C=N–C) groups is 1. The zero-order valence-corrected chi connectivity index (χ0v) is 16.0.